The molecule has 0 aliphatic rings. The molecule has 0 aromatic carbocycles. The molecule has 0 saturated heterocycles. The van der Waals surface area contributed by atoms with Gasteiger partial charge in [-0.25, -0.2) is 0 Å². The first-order chi connectivity index (χ1) is 6.51. The highest BCUT2D eigenvalue weighted by molar-refractivity contribution is 5.85. The zero-order chi connectivity index (χ0) is 11.1. The highest BCUT2D eigenvalue weighted by Gasteiger charge is 2.14. The fourth-order valence-corrected chi connectivity index (χ4v) is 1.60. The zero-order valence-electron chi connectivity index (χ0n) is 9.62. The maximum absolute atomic E-state index is 8.55. The van der Waals surface area contributed by atoms with Gasteiger partial charge >= 0.3 is 0 Å². The van der Waals surface area contributed by atoms with Crippen molar-refractivity contribution in [1.29, 1.82) is 0 Å². The van der Waals surface area contributed by atoms with E-state index in [0.717, 1.165) is 12.8 Å². The molecule has 0 rings (SSSR count). The van der Waals surface area contributed by atoms with Crippen molar-refractivity contribution < 1.29 is 5.21 Å². The van der Waals surface area contributed by atoms with E-state index in [1.54, 1.807) is 0 Å². The Morgan fingerprint density at radius 3 is 2.36 bits per heavy atom. The number of nitrogens with one attached hydrogen (secondary N) is 1. The van der Waals surface area contributed by atoms with Crippen LogP contribution in [0.4, 0.5) is 0 Å². The fourth-order valence-electron chi connectivity index (χ4n) is 1.60. The molecule has 0 bridgehead atoms. The van der Waals surface area contributed by atoms with Crippen LogP contribution in [-0.4, -0.2) is 23.1 Å². The first-order valence-electron chi connectivity index (χ1n) is 5.24. The summed E-state index contributed by atoms with van der Waals surface area (Å²) in [6.45, 7) is 8.50. The lowest BCUT2D eigenvalue weighted by molar-refractivity contribution is 0.312. The number of nitrogens with two attached hydrogens (primary N) is 1. The van der Waals surface area contributed by atoms with Crippen molar-refractivity contribution in [2.24, 2.45) is 16.8 Å². The van der Waals surface area contributed by atoms with Crippen molar-refractivity contribution in [2.75, 3.05) is 0 Å². The van der Waals surface area contributed by atoms with Crippen LogP contribution in [0, 0.1) is 5.92 Å². The van der Waals surface area contributed by atoms with Crippen molar-refractivity contribution in [3.8, 4) is 0 Å². The van der Waals surface area contributed by atoms with E-state index < -0.39 is 0 Å². The van der Waals surface area contributed by atoms with E-state index in [4.69, 9.17) is 10.9 Å². The molecule has 4 N–H and O–H groups in total. The van der Waals surface area contributed by atoms with Crippen LogP contribution in [0.3, 0.4) is 0 Å². The zero-order valence-corrected chi connectivity index (χ0v) is 9.62. The summed E-state index contributed by atoms with van der Waals surface area (Å²) in [7, 11) is 0. The summed E-state index contributed by atoms with van der Waals surface area (Å²) in [5.74, 6) is 0.922. The molecule has 0 aliphatic heterocycles. The van der Waals surface area contributed by atoms with Gasteiger partial charge in [0.2, 0.25) is 0 Å². The number of amidine groups is 1. The minimum absolute atomic E-state index is 0.0197. The summed E-state index contributed by atoms with van der Waals surface area (Å²) in [4.78, 5) is 0. The SMILES string of the molecule is CCC(NC(C)CC(C)C)C(N)=NO. The van der Waals surface area contributed by atoms with Crippen LogP contribution in [0.2, 0.25) is 0 Å². The summed E-state index contributed by atoms with van der Waals surface area (Å²) < 4.78 is 0. The van der Waals surface area contributed by atoms with E-state index in [1.165, 1.54) is 0 Å². The molecule has 0 fully saturated rings. The quantitative estimate of drug-likeness (QED) is 0.264. The molecule has 0 heterocycles. The number of hydrogen-bond donors (Lipinski definition) is 3. The molecule has 4 nitrogen and oxygen atoms in total. The van der Waals surface area contributed by atoms with Gasteiger partial charge in [-0.05, 0) is 25.7 Å². The van der Waals surface area contributed by atoms with Crippen molar-refractivity contribution >= 4 is 5.84 Å². The minimum atomic E-state index is -0.0197. The van der Waals surface area contributed by atoms with E-state index >= 15 is 0 Å². The normalized spacial score (nSPS) is 17.1. The summed E-state index contributed by atoms with van der Waals surface area (Å²) in [5, 5.41) is 14.9. The maximum Gasteiger partial charge on any atom is 0.156 e. The molecule has 0 aromatic rings. The van der Waals surface area contributed by atoms with Gasteiger partial charge < -0.3 is 16.3 Å². The monoisotopic (exact) mass is 201 g/mol. The first-order valence-corrected chi connectivity index (χ1v) is 5.24. The van der Waals surface area contributed by atoms with Crippen LogP contribution in [-0.2, 0) is 0 Å². The second-order valence-corrected chi connectivity index (χ2v) is 4.18. The Bertz CT molecular complexity index is 180. The van der Waals surface area contributed by atoms with Gasteiger partial charge in [-0.15, -0.1) is 0 Å². The van der Waals surface area contributed by atoms with E-state index in [2.05, 4.69) is 31.2 Å². The lowest BCUT2D eigenvalue weighted by Gasteiger charge is -2.22. The molecule has 4 heteroatoms. The van der Waals surface area contributed by atoms with Crippen molar-refractivity contribution in [3.63, 3.8) is 0 Å². The molecule has 14 heavy (non-hydrogen) atoms. The third-order valence-corrected chi connectivity index (χ3v) is 2.19. The van der Waals surface area contributed by atoms with Crippen molar-refractivity contribution in [1.82, 2.24) is 5.32 Å². The highest BCUT2D eigenvalue weighted by Crippen LogP contribution is 2.05. The van der Waals surface area contributed by atoms with Gasteiger partial charge in [0.1, 0.15) is 0 Å². The van der Waals surface area contributed by atoms with Gasteiger partial charge in [-0.2, -0.15) is 0 Å². The van der Waals surface area contributed by atoms with Crippen molar-refractivity contribution in [3.05, 3.63) is 0 Å². The third-order valence-electron chi connectivity index (χ3n) is 2.19. The summed E-state index contributed by atoms with van der Waals surface area (Å²) in [5.41, 5.74) is 5.54. The van der Waals surface area contributed by atoms with Crippen LogP contribution in [0.15, 0.2) is 5.16 Å². The van der Waals surface area contributed by atoms with Crippen LogP contribution < -0.4 is 11.1 Å². The molecule has 0 spiro atoms. The molecule has 0 aromatic heterocycles. The van der Waals surface area contributed by atoms with Crippen LogP contribution in [0.5, 0.6) is 0 Å². The molecule has 2 unspecified atom stereocenters. The first kappa shape index (κ1) is 13.2. The molecular weight excluding hydrogens is 178 g/mol. The van der Waals surface area contributed by atoms with Gasteiger partial charge in [-0.1, -0.05) is 25.9 Å². The standard InChI is InChI=1S/C10H23N3O/c1-5-9(10(11)13-14)12-8(4)6-7(2)3/h7-9,12,14H,5-6H2,1-4H3,(H2,11,13). The Balaban J connectivity index is 4.05. The third kappa shape index (κ3) is 5.07. The molecule has 0 amide bonds. The van der Waals surface area contributed by atoms with Gasteiger partial charge in [0.25, 0.3) is 0 Å². The average molecular weight is 201 g/mol. The van der Waals surface area contributed by atoms with E-state index in [-0.39, 0.29) is 11.9 Å². The number of oxime groups is 1. The van der Waals surface area contributed by atoms with E-state index in [1.807, 2.05) is 6.92 Å². The second-order valence-electron chi connectivity index (χ2n) is 4.18. The largest absolute Gasteiger partial charge is 0.409 e. The Labute approximate surface area is 86.6 Å². The van der Waals surface area contributed by atoms with Gasteiger partial charge in [0.05, 0.1) is 6.04 Å². The number of rotatable bonds is 6. The Morgan fingerprint density at radius 2 is 2.00 bits per heavy atom. The fraction of sp³-hybridized carbons (Fsp3) is 0.900. The molecule has 2 atom stereocenters. The summed E-state index contributed by atoms with van der Waals surface area (Å²) in [6.07, 6.45) is 1.92. The molecule has 0 aliphatic carbocycles. The lowest BCUT2D eigenvalue weighted by atomic mass is 10.0. The molecule has 0 saturated carbocycles. The molecule has 0 radical (unpaired) electrons. The lowest BCUT2D eigenvalue weighted by Crippen LogP contribution is -2.45. The minimum Gasteiger partial charge on any atom is -0.409 e. The molecular formula is C10H23N3O. The second kappa shape index (κ2) is 6.65. The van der Waals surface area contributed by atoms with Gasteiger partial charge in [0.15, 0.2) is 5.84 Å². The van der Waals surface area contributed by atoms with Gasteiger partial charge in [0, 0.05) is 6.04 Å². The van der Waals surface area contributed by atoms with Gasteiger partial charge in [-0.3, -0.25) is 0 Å². The average Bonchev–Trinajstić information content (AvgIpc) is 2.11. The number of nitrogens with zero attached hydrogens (tertiary/aromatic N) is 1. The summed E-state index contributed by atoms with van der Waals surface area (Å²) >= 11 is 0. The molecule has 84 valence electrons. The van der Waals surface area contributed by atoms with Crippen molar-refractivity contribution in [2.45, 2.75) is 52.6 Å². The van der Waals surface area contributed by atoms with Crippen LogP contribution in [0.25, 0.3) is 0 Å². The highest BCUT2D eigenvalue weighted by atomic mass is 16.4. The van der Waals surface area contributed by atoms with Crippen LogP contribution >= 0.6 is 0 Å². The predicted molar refractivity (Wildman–Crippen MR) is 59.5 cm³/mol. The topological polar surface area (TPSA) is 70.6 Å². The van der Waals surface area contributed by atoms with Crippen LogP contribution in [0.1, 0.15) is 40.5 Å². The Kier molecular flexibility index (Phi) is 6.28. The Morgan fingerprint density at radius 1 is 1.43 bits per heavy atom. The smallest absolute Gasteiger partial charge is 0.156 e. The predicted octanol–water partition coefficient (Wildman–Crippen LogP) is 1.54. The van der Waals surface area contributed by atoms with E-state index in [0.29, 0.717) is 12.0 Å². The van der Waals surface area contributed by atoms with E-state index in [9.17, 15) is 0 Å². The maximum atomic E-state index is 8.55. The number of hydrogen-bond acceptors (Lipinski definition) is 3. The summed E-state index contributed by atoms with van der Waals surface area (Å²) in [6, 6.07) is 0.369. The Hall–Kier alpha value is -0.770.